The minimum atomic E-state index is -0.682. The molecule has 2 heteroatoms. The van der Waals surface area contributed by atoms with Gasteiger partial charge in [-0.05, 0) is 12.5 Å². The molecule has 2 atom stereocenters. The lowest BCUT2D eigenvalue weighted by atomic mass is 9.71. The number of aryl methyl sites for hydroxylation is 1. The summed E-state index contributed by atoms with van der Waals surface area (Å²) >= 11 is 0. The van der Waals surface area contributed by atoms with Crippen LogP contribution >= 0.6 is 0 Å². The summed E-state index contributed by atoms with van der Waals surface area (Å²) in [4.78, 5) is 0. The molecule has 0 aromatic heterocycles. The van der Waals surface area contributed by atoms with Crippen molar-refractivity contribution in [1.82, 2.24) is 5.32 Å². The summed E-state index contributed by atoms with van der Waals surface area (Å²) in [5, 5.41) is 14.3. The number of rotatable bonds is 1. The molecule has 2 N–H and O–H groups in total. The fourth-order valence-electron chi connectivity index (χ4n) is 2.70. The van der Waals surface area contributed by atoms with Crippen LogP contribution < -0.4 is 5.32 Å². The summed E-state index contributed by atoms with van der Waals surface area (Å²) in [7, 11) is 0. The highest BCUT2D eigenvalue weighted by molar-refractivity contribution is 5.28. The van der Waals surface area contributed by atoms with Crippen LogP contribution in [-0.2, 0) is 5.60 Å². The lowest BCUT2D eigenvalue weighted by molar-refractivity contribution is -0.0806. The van der Waals surface area contributed by atoms with Crippen molar-refractivity contribution in [2.45, 2.75) is 26.4 Å². The third kappa shape index (κ3) is 1.76. The van der Waals surface area contributed by atoms with E-state index >= 15 is 0 Å². The number of aliphatic hydroxyl groups is 1. The first kappa shape index (κ1) is 11.6. The first-order chi connectivity index (χ1) is 7.55. The van der Waals surface area contributed by atoms with E-state index in [-0.39, 0.29) is 11.8 Å². The van der Waals surface area contributed by atoms with E-state index in [0.717, 1.165) is 18.7 Å². The molecule has 1 aliphatic rings. The zero-order valence-corrected chi connectivity index (χ0v) is 10.3. The van der Waals surface area contributed by atoms with Crippen LogP contribution in [0.15, 0.2) is 24.3 Å². The van der Waals surface area contributed by atoms with Crippen LogP contribution in [0, 0.1) is 18.8 Å². The van der Waals surface area contributed by atoms with Gasteiger partial charge < -0.3 is 10.4 Å². The topological polar surface area (TPSA) is 32.3 Å². The van der Waals surface area contributed by atoms with Crippen LogP contribution in [0.4, 0.5) is 0 Å². The SMILES string of the molecule is Cc1ccc(C2(O)C(C)CNCC2C)cc1. The molecule has 0 bridgehead atoms. The molecule has 16 heavy (non-hydrogen) atoms. The van der Waals surface area contributed by atoms with E-state index in [9.17, 15) is 5.11 Å². The number of benzene rings is 1. The summed E-state index contributed by atoms with van der Waals surface area (Å²) in [5.41, 5.74) is 1.61. The minimum absolute atomic E-state index is 0.249. The molecular weight excluding hydrogens is 198 g/mol. The van der Waals surface area contributed by atoms with Crippen molar-refractivity contribution in [1.29, 1.82) is 0 Å². The normalized spacial score (nSPS) is 35.0. The summed E-state index contributed by atoms with van der Waals surface area (Å²) in [5.74, 6) is 0.498. The van der Waals surface area contributed by atoms with Crippen LogP contribution in [0.2, 0.25) is 0 Å². The molecule has 0 amide bonds. The van der Waals surface area contributed by atoms with E-state index in [1.807, 2.05) is 0 Å². The van der Waals surface area contributed by atoms with Gasteiger partial charge in [-0.25, -0.2) is 0 Å². The quantitative estimate of drug-likeness (QED) is 0.757. The second-order valence-corrected chi connectivity index (χ2v) is 5.15. The Kier molecular flexibility index (Phi) is 3.04. The van der Waals surface area contributed by atoms with Gasteiger partial charge in [-0.15, -0.1) is 0 Å². The maximum Gasteiger partial charge on any atom is 0.0971 e. The molecule has 0 radical (unpaired) electrons. The van der Waals surface area contributed by atoms with Crippen LogP contribution in [0.1, 0.15) is 25.0 Å². The Morgan fingerprint density at radius 1 is 1.12 bits per heavy atom. The number of hydrogen-bond donors (Lipinski definition) is 2. The van der Waals surface area contributed by atoms with Gasteiger partial charge in [0, 0.05) is 24.9 Å². The molecule has 2 unspecified atom stereocenters. The first-order valence-electron chi connectivity index (χ1n) is 6.05. The Balaban J connectivity index is 2.38. The zero-order chi connectivity index (χ0) is 11.8. The number of piperidine rings is 1. The van der Waals surface area contributed by atoms with Gasteiger partial charge in [-0.2, -0.15) is 0 Å². The molecular formula is C14H21NO. The highest BCUT2D eigenvalue weighted by atomic mass is 16.3. The molecule has 0 aliphatic carbocycles. The average Bonchev–Trinajstić information content (AvgIpc) is 2.27. The molecule has 1 aromatic carbocycles. The summed E-state index contributed by atoms with van der Waals surface area (Å²) in [6.07, 6.45) is 0. The standard InChI is InChI=1S/C14H21NO/c1-10-4-6-13(7-5-10)14(16)11(2)8-15-9-12(14)3/h4-7,11-12,15-16H,8-9H2,1-3H3. The molecule has 1 fully saturated rings. The highest BCUT2D eigenvalue weighted by Crippen LogP contribution is 2.38. The third-order valence-corrected chi connectivity index (χ3v) is 3.92. The maximum atomic E-state index is 10.9. The van der Waals surface area contributed by atoms with E-state index in [0.29, 0.717) is 0 Å². The van der Waals surface area contributed by atoms with E-state index in [1.54, 1.807) is 0 Å². The number of hydrogen-bond acceptors (Lipinski definition) is 2. The predicted molar refractivity (Wildman–Crippen MR) is 66.3 cm³/mol. The molecule has 88 valence electrons. The summed E-state index contributed by atoms with van der Waals surface area (Å²) in [6.45, 7) is 8.07. The van der Waals surface area contributed by atoms with E-state index < -0.39 is 5.60 Å². The van der Waals surface area contributed by atoms with Crippen molar-refractivity contribution in [3.8, 4) is 0 Å². The Morgan fingerprint density at radius 3 is 2.12 bits per heavy atom. The molecule has 0 saturated carbocycles. The van der Waals surface area contributed by atoms with Gasteiger partial charge in [-0.1, -0.05) is 43.7 Å². The Morgan fingerprint density at radius 2 is 1.62 bits per heavy atom. The Hall–Kier alpha value is -0.860. The van der Waals surface area contributed by atoms with Gasteiger partial charge in [-0.3, -0.25) is 0 Å². The monoisotopic (exact) mass is 219 g/mol. The van der Waals surface area contributed by atoms with Crippen molar-refractivity contribution in [3.05, 3.63) is 35.4 Å². The summed E-state index contributed by atoms with van der Waals surface area (Å²) < 4.78 is 0. The van der Waals surface area contributed by atoms with Gasteiger partial charge in [0.15, 0.2) is 0 Å². The van der Waals surface area contributed by atoms with Gasteiger partial charge in [0.1, 0.15) is 0 Å². The smallest absolute Gasteiger partial charge is 0.0971 e. The van der Waals surface area contributed by atoms with Crippen molar-refractivity contribution in [2.75, 3.05) is 13.1 Å². The van der Waals surface area contributed by atoms with Crippen LogP contribution in [-0.4, -0.2) is 18.2 Å². The average molecular weight is 219 g/mol. The molecule has 1 aromatic rings. The van der Waals surface area contributed by atoms with Crippen LogP contribution in [0.3, 0.4) is 0 Å². The summed E-state index contributed by atoms with van der Waals surface area (Å²) in [6, 6.07) is 8.28. The molecule has 0 spiro atoms. The largest absolute Gasteiger partial charge is 0.385 e. The van der Waals surface area contributed by atoms with Crippen LogP contribution in [0.25, 0.3) is 0 Å². The second kappa shape index (κ2) is 4.19. The minimum Gasteiger partial charge on any atom is -0.385 e. The van der Waals surface area contributed by atoms with Crippen molar-refractivity contribution >= 4 is 0 Å². The van der Waals surface area contributed by atoms with E-state index in [1.165, 1.54) is 5.56 Å². The van der Waals surface area contributed by atoms with Gasteiger partial charge in [0.2, 0.25) is 0 Å². The molecule has 2 nitrogen and oxygen atoms in total. The molecule has 1 heterocycles. The number of nitrogens with one attached hydrogen (secondary N) is 1. The van der Waals surface area contributed by atoms with Crippen molar-refractivity contribution in [3.63, 3.8) is 0 Å². The Bertz CT molecular complexity index is 348. The van der Waals surface area contributed by atoms with E-state index in [4.69, 9.17) is 0 Å². The predicted octanol–water partition coefficient (Wildman–Crippen LogP) is 2.06. The van der Waals surface area contributed by atoms with Crippen molar-refractivity contribution < 1.29 is 5.11 Å². The molecule has 1 saturated heterocycles. The molecule has 2 rings (SSSR count). The maximum absolute atomic E-state index is 10.9. The van der Waals surface area contributed by atoms with Gasteiger partial charge in [0.25, 0.3) is 0 Å². The van der Waals surface area contributed by atoms with Crippen molar-refractivity contribution in [2.24, 2.45) is 11.8 Å². The third-order valence-electron chi connectivity index (χ3n) is 3.92. The van der Waals surface area contributed by atoms with E-state index in [2.05, 4.69) is 50.4 Å². The second-order valence-electron chi connectivity index (χ2n) is 5.15. The highest BCUT2D eigenvalue weighted by Gasteiger charge is 2.43. The Labute approximate surface area is 97.7 Å². The lowest BCUT2D eigenvalue weighted by Crippen LogP contribution is -2.52. The van der Waals surface area contributed by atoms with Crippen LogP contribution in [0.5, 0.6) is 0 Å². The molecule has 1 aliphatic heterocycles. The fraction of sp³-hybridized carbons (Fsp3) is 0.571. The fourth-order valence-corrected chi connectivity index (χ4v) is 2.70. The first-order valence-corrected chi connectivity index (χ1v) is 6.05. The van der Waals surface area contributed by atoms with Gasteiger partial charge >= 0.3 is 0 Å². The zero-order valence-electron chi connectivity index (χ0n) is 10.3. The lowest BCUT2D eigenvalue weighted by Gasteiger charge is -2.44. The van der Waals surface area contributed by atoms with Gasteiger partial charge in [0.05, 0.1) is 5.60 Å².